The van der Waals surface area contributed by atoms with Crippen LogP contribution in [0.2, 0.25) is 0 Å². The lowest BCUT2D eigenvalue weighted by atomic mass is 9.88. The van der Waals surface area contributed by atoms with E-state index < -0.39 is 36.2 Å². The van der Waals surface area contributed by atoms with Crippen molar-refractivity contribution >= 4 is 17.5 Å². The lowest BCUT2D eigenvalue weighted by Crippen LogP contribution is -2.44. The second-order valence-corrected chi connectivity index (χ2v) is 7.20. The molecule has 0 amide bonds. The molecule has 1 saturated carbocycles. The lowest BCUT2D eigenvalue weighted by Gasteiger charge is -2.35. The monoisotopic (exact) mass is 393 g/mol. The molecule has 0 radical (unpaired) electrons. The van der Waals surface area contributed by atoms with Gasteiger partial charge in [-0.1, -0.05) is 0 Å². The second-order valence-electron chi connectivity index (χ2n) is 7.20. The summed E-state index contributed by atoms with van der Waals surface area (Å²) in [6.45, 7) is 3.60. The Balaban J connectivity index is 1.92. The van der Waals surface area contributed by atoms with Gasteiger partial charge in [0.05, 0.1) is 0 Å². The first-order valence-electron chi connectivity index (χ1n) is 8.58. The van der Waals surface area contributed by atoms with Gasteiger partial charge in [0.15, 0.2) is 11.9 Å². The molecule has 0 spiro atoms. The van der Waals surface area contributed by atoms with Crippen molar-refractivity contribution < 1.29 is 27.1 Å². The zero-order valence-electron chi connectivity index (χ0n) is 14.7. The highest BCUT2D eigenvalue weighted by Gasteiger charge is 2.47. The first kappa shape index (κ1) is 19.7. The molecule has 150 valence electrons. The molecule has 1 aromatic heterocycles. The minimum absolute atomic E-state index is 0.0516. The third kappa shape index (κ3) is 4.28. The average Bonchev–Trinajstić information content (AvgIpc) is 2.50. The maximum absolute atomic E-state index is 14.3. The Morgan fingerprint density at radius 1 is 1.07 bits per heavy atom. The number of nitrogens with one attached hydrogen (secondary N) is 2. The number of aliphatic hydroxyl groups is 1. The molecule has 1 atom stereocenters. The van der Waals surface area contributed by atoms with E-state index in [2.05, 4.69) is 25.6 Å². The molecule has 0 saturated heterocycles. The summed E-state index contributed by atoms with van der Waals surface area (Å²) in [5.41, 5.74) is -0.246. The number of nitrogens with zero attached hydrogens (tertiary/aromatic N) is 3. The summed E-state index contributed by atoms with van der Waals surface area (Å²) >= 11 is 0. The molecule has 1 heterocycles. The molecule has 0 aromatic carbocycles. The largest absolute Gasteiger partial charge is 0.380 e. The second kappa shape index (κ2) is 6.84. The summed E-state index contributed by atoms with van der Waals surface area (Å²) < 4.78 is 67.3. The maximum Gasteiger partial charge on any atom is 0.280 e. The van der Waals surface area contributed by atoms with Gasteiger partial charge in [-0.2, -0.15) is 15.0 Å². The highest BCUT2D eigenvalue weighted by molar-refractivity contribution is 5.66. The van der Waals surface area contributed by atoms with Crippen LogP contribution in [0.15, 0.2) is 5.83 Å². The number of alkyl halides is 4. The zero-order chi connectivity index (χ0) is 20.0. The van der Waals surface area contributed by atoms with Gasteiger partial charge in [-0.25, -0.2) is 22.0 Å². The van der Waals surface area contributed by atoms with Gasteiger partial charge in [0.1, 0.15) is 5.83 Å². The summed E-state index contributed by atoms with van der Waals surface area (Å²) in [5, 5.41) is 15.1. The number of hydrogen-bond acceptors (Lipinski definition) is 6. The molecule has 1 fully saturated rings. The number of aromatic nitrogens is 3. The third-order valence-electron chi connectivity index (χ3n) is 4.38. The number of rotatable bonds is 5. The fraction of sp³-hybridized carbons (Fsp3) is 0.688. The van der Waals surface area contributed by atoms with E-state index in [1.807, 2.05) is 0 Å². The van der Waals surface area contributed by atoms with Gasteiger partial charge in [0.2, 0.25) is 11.9 Å². The summed E-state index contributed by atoms with van der Waals surface area (Å²) in [6, 6.07) is -0.650. The van der Waals surface area contributed by atoms with Crippen LogP contribution in [0.5, 0.6) is 0 Å². The molecule has 0 unspecified atom stereocenters. The lowest BCUT2D eigenvalue weighted by molar-refractivity contribution is -0.107. The fourth-order valence-electron chi connectivity index (χ4n) is 2.96. The van der Waals surface area contributed by atoms with E-state index in [1.54, 1.807) is 13.8 Å². The molecule has 3 N–H and O–H groups in total. The number of aliphatic hydroxyl groups excluding tert-OH is 1. The Morgan fingerprint density at radius 3 is 2.30 bits per heavy atom. The molecular weight excluding hydrogens is 373 g/mol. The van der Waals surface area contributed by atoms with Gasteiger partial charge in [-0.15, -0.1) is 0 Å². The van der Waals surface area contributed by atoms with Crippen molar-refractivity contribution in [3.8, 4) is 0 Å². The van der Waals surface area contributed by atoms with Crippen LogP contribution in [0.3, 0.4) is 0 Å². The predicted molar refractivity (Wildman–Crippen MR) is 88.4 cm³/mol. The van der Waals surface area contributed by atoms with Crippen LogP contribution in [0.25, 0.3) is 5.57 Å². The average molecular weight is 393 g/mol. The van der Waals surface area contributed by atoms with Gasteiger partial charge in [-0.05, 0) is 20.3 Å². The fourth-order valence-corrected chi connectivity index (χ4v) is 2.96. The first-order chi connectivity index (χ1) is 12.5. The predicted octanol–water partition coefficient (Wildman–Crippen LogP) is 3.37. The van der Waals surface area contributed by atoms with Crippen LogP contribution < -0.4 is 10.6 Å². The van der Waals surface area contributed by atoms with Crippen molar-refractivity contribution in [3.63, 3.8) is 0 Å². The van der Waals surface area contributed by atoms with Gasteiger partial charge in [-0.3, -0.25) is 0 Å². The first-order valence-corrected chi connectivity index (χ1v) is 8.58. The number of hydrogen-bond donors (Lipinski definition) is 3. The van der Waals surface area contributed by atoms with Crippen LogP contribution in [0.1, 0.15) is 45.4 Å². The third-order valence-corrected chi connectivity index (χ3v) is 4.38. The van der Waals surface area contributed by atoms with Crippen LogP contribution in [-0.4, -0.2) is 50.1 Å². The molecule has 1 aromatic rings. The van der Waals surface area contributed by atoms with E-state index in [0.29, 0.717) is 0 Å². The van der Waals surface area contributed by atoms with E-state index >= 15 is 0 Å². The van der Waals surface area contributed by atoms with E-state index in [9.17, 15) is 27.1 Å². The normalized spacial score (nSPS) is 24.7. The highest BCUT2D eigenvalue weighted by atomic mass is 19.3. The Hall–Kier alpha value is -2.04. The van der Waals surface area contributed by atoms with Crippen molar-refractivity contribution in [2.45, 2.75) is 69.6 Å². The van der Waals surface area contributed by atoms with Crippen LogP contribution in [0, 0.1) is 0 Å². The maximum atomic E-state index is 14.3. The Morgan fingerprint density at radius 2 is 1.70 bits per heavy atom. The minimum atomic E-state index is -3.57. The molecule has 0 bridgehead atoms. The van der Waals surface area contributed by atoms with E-state index in [4.69, 9.17) is 0 Å². The summed E-state index contributed by atoms with van der Waals surface area (Å²) in [4.78, 5) is 12.1. The molecular formula is C16H20F5N5O. The molecule has 0 aliphatic heterocycles. The summed E-state index contributed by atoms with van der Waals surface area (Å²) in [6.07, 6.45) is -4.47. The standard InChI is InChI=1S/C16H20F5N5O/c1-7(2)22-13-24-12(9-3-4-16(20,21)11(27)10(9)17)25-14(26-13)23-8-5-15(18,19)6-8/h7-8,11,27H,3-6H2,1-2H3,(H2,22,23,24,25,26)/t11-/m0/s1. The molecule has 6 nitrogen and oxygen atoms in total. The topological polar surface area (TPSA) is 83.0 Å². The van der Waals surface area contributed by atoms with Crippen LogP contribution in [-0.2, 0) is 0 Å². The van der Waals surface area contributed by atoms with Gasteiger partial charge in [0.25, 0.3) is 11.8 Å². The Labute approximate surface area is 152 Å². The zero-order valence-corrected chi connectivity index (χ0v) is 14.7. The smallest absolute Gasteiger partial charge is 0.280 e. The van der Waals surface area contributed by atoms with Crippen molar-refractivity contribution in [1.82, 2.24) is 15.0 Å². The number of allylic oxidation sites excluding steroid dienone is 1. The number of halogens is 5. The quantitative estimate of drug-likeness (QED) is 0.666. The van der Waals surface area contributed by atoms with Gasteiger partial charge in [0, 0.05) is 36.9 Å². The molecule has 2 aliphatic carbocycles. The Bertz CT molecular complexity index is 747. The van der Waals surface area contributed by atoms with Crippen LogP contribution in [0.4, 0.5) is 33.8 Å². The van der Waals surface area contributed by atoms with Crippen molar-refractivity contribution in [2.24, 2.45) is 0 Å². The molecule has 27 heavy (non-hydrogen) atoms. The number of anilines is 2. The summed E-state index contributed by atoms with van der Waals surface area (Å²) in [7, 11) is 0. The van der Waals surface area contributed by atoms with Crippen molar-refractivity contribution in [1.29, 1.82) is 0 Å². The van der Waals surface area contributed by atoms with Crippen molar-refractivity contribution in [2.75, 3.05) is 10.6 Å². The minimum Gasteiger partial charge on any atom is -0.380 e. The molecule has 11 heteroatoms. The van der Waals surface area contributed by atoms with E-state index in [0.717, 1.165) is 0 Å². The van der Waals surface area contributed by atoms with E-state index in [-0.39, 0.29) is 48.6 Å². The van der Waals surface area contributed by atoms with Gasteiger partial charge >= 0.3 is 0 Å². The van der Waals surface area contributed by atoms with Crippen molar-refractivity contribution in [3.05, 3.63) is 11.7 Å². The Kier molecular flexibility index (Phi) is 5.00. The van der Waals surface area contributed by atoms with Crippen LogP contribution >= 0.6 is 0 Å². The van der Waals surface area contributed by atoms with Gasteiger partial charge < -0.3 is 15.7 Å². The molecule has 2 aliphatic rings. The SMILES string of the molecule is CC(C)Nc1nc(NC2CC(F)(F)C2)nc(C2=C(F)[C@H](O)C(F)(F)CC2)n1. The highest BCUT2D eigenvalue weighted by Crippen LogP contribution is 2.41. The molecule has 3 rings (SSSR count). The van der Waals surface area contributed by atoms with E-state index in [1.165, 1.54) is 0 Å². The summed E-state index contributed by atoms with van der Waals surface area (Å²) in [5.74, 6) is -7.94.